The van der Waals surface area contributed by atoms with Crippen molar-refractivity contribution in [3.05, 3.63) is 194 Å². The summed E-state index contributed by atoms with van der Waals surface area (Å²) in [6.45, 7) is 4.00. The largest absolute Gasteiger partial charge is 0.456 e. The SMILES string of the molecule is CC.c1ccc(-c2ccc(-c3nc(-c4ccc5ccccc5c4)nc(-n4c5ccc6ccccc6c5c5cccc(-c6ccc7oc8ccccc8c7c6)c54)n3)cc2)cc1. The summed E-state index contributed by atoms with van der Waals surface area (Å²) < 4.78 is 8.51. The Hall–Kier alpha value is -7.89. The van der Waals surface area contributed by atoms with Gasteiger partial charge in [-0.25, -0.2) is 4.98 Å². The summed E-state index contributed by atoms with van der Waals surface area (Å²) in [5, 5.41) is 9.11. The standard InChI is InChI=1S/C53H32N4O.C2H6/c1-2-11-33(12-3-1)35-21-24-37(25-22-35)51-54-52(40-26-23-34-13-4-5-15-38(34)31-40)56-53(55-51)57-46-29-27-36-14-6-7-16-41(36)49(46)44-19-10-18-42(50(44)57)39-28-30-48-45(32-39)43-17-8-9-20-47(43)58-48;1-2/h1-32H;1-2H3. The van der Waals surface area contributed by atoms with Crippen molar-refractivity contribution >= 4 is 65.3 Å². The van der Waals surface area contributed by atoms with Crippen LogP contribution in [0.4, 0.5) is 0 Å². The first kappa shape index (κ1) is 35.3. The van der Waals surface area contributed by atoms with Gasteiger partial charge >= 0.3 is 0 Å². The Morgan fingerprint density at radius 1 is 0.383 bits per heavy atom. The van der Waals surface area contributed by atoms with Crippen LogP contribution in [0.5, 0.6) is 0 Å². The van der Waals surface area contributed by atoms with Gasteiger partial charge < -0.3 is 4.42 Å². The molecule has 0 saturated carbocycles. The minimum Gasteiger partial charge on any atom is -0.456 e. The Balaban J connectivity index is 0.00000201. The lowest BCUT2D eigenvalue weighted by atomic mass is 9.98. The number of furan rings is 1. The van der Waals surface area contributed by atoms with Crippen LogP contribution in [0.1, 0.15) is 13.8 Å². The van der Waals surface area contributed by atoms with Crippen molar-refractivity contribution in [2.75, 3.05) is 0 Å². The Morgan fingerprint density at radius 2 is 0.983 bits per heavy atom. The second-order valence-electron chi connectivity index (χ2n) is 14.8. The molecular weight excluding hydrogens is 733 g/mol. The van der Waals surface area contributed by atoms with E-state index in [1.807, 2.05) is 32.0 Å². The van der Waals surface area contributed by atoms with Crippen molar-refractivity contribution in [1.82, 2.24) is 19.5 Å². The van der Waals surface area contributed by atoms with Gasteiger partial charge in [0.15, 0.2) is 11.6 Å². The molecule has 5 nitrogen and oxygen atoms in total. The molecule has 5 heteroatoms. The van der Waals surface area contributed by atoms with Gasteiger partial charge in [-0.2, -0.15) is 9.97 Å². The maximum absolute atomic E-state index is 6.26. The molecule has 3 heterocycles. The number of hydrogen-bond donors (Lipinski definition) is 0. The lowest BCUT2D eigenvalue weighted by Crippen LogP contribution is -2.07. The highest BCUT2D eigenvalue weighted by atomic mass is 16.3. The molecule has 0 unspecified atom stereocenters. The van der Waals surface area contributed by atoms with E-state index >= 15 is 0 Å². The van der Waals surface area contributed by atoms with Crippen molar-refractivity contribution < 1.29 is 4.42 Å². The first-order valence-corrected chi connectivity index (χ1v) is 20.5. The predicted molar refractivity (Wildman–Crippen MR) is 250 cm³/mol. The third-order valence-corrected chi connectivity index (χ3v) is 11.4. The second-order valence-corrected chi connectivity index (χ2v) is 14.8. The fourth-order valence-electron chi connectivity index (χ4n) is 8.66. The molecule has 9 aromatic carbocycles. The van der Waals surface area contributed by atoms with Gasteiger partial charge in [0.1, 0.15) is 11.2 Å². The molecule has 0 spiro atoms. The van der Waals surface area contributed by atoms with Gasteiger partial charge in [-0.1, -0.05) is 178 Å². The molecule has 12 rings (SSSR count). The van der Waals surface area contributed by atoms with Crippen LogP contribution in [0.15, 0.2) is 199 Å². The van der Waals surface area contributed by atoms with E-state index in [-0.39, 0.29) is 0 Å². The van der Waals surface area contributed by atoms with Crippen LogP contribution in [0.3, 0.4) is 0 Å². The van der Waals surface area contributed by atoms with E-state index in [0.29, 0.717) is 17.6 Å². The summed E-state index contributed by atoms with van der Waals surface area (Å²) in [6, 6.07) is 68.1. The van der Waals surface area contributed by atoms with Gasteiger partial charge in [0, 0.05) is 38.2 Å². The van der Waals surface area contributed by atoms with E-state index in [4.69, 9.17) is 19.4 Å². The first-order valence-electron chi connectivity index (χ1n) is 20.5. The molecule has 0 radical (unpaired) electrons. The average Bonchev–Trinajstić information content (AvgIpc) is 3.88. The molecular formula is C55H38N4O. The van der Waals surface area contributed by atoms with Gasteiger partial charge in [0.05, 0.1) is 11.0 Å². The van der Waals surface area contributed by atoms with E-state index in [0.717, 1.165) is 82.5 Å². The first-order chi connectivity index (χ1) is 29.7. The zero-order chi connectivity index (χ0) is 40.2. The minimum absolute atomic E-state index is 0.554. The Labute approximate surface area is 346 Å². The number of fused-ring (bicyclic) bond motifs is 9. The molecule has 12 aromatic rings. The highest BCUT2D eigenvalue weighted by Crippen LogP contribution is 2.42. The quantitative estimate of drug-likeness (QED) is 0.175. The summed E-state index contributed by atoms with van der Waals surface area (Å²) in [7, 11) is 0. The van der Waals surface area contributed by atoms with E-state index in [2.05, 4.69) is 180 Å². The van der Waals surface area contributed by atoms with Crippen molar-refractivity contribution in [2.24, 2.45) is 0 Å². The van der Waals surface area contributed by atoms with Crippen molar-refractivity contribution in [1.29, 1.82) is 0 Å². The Bertz CT molecular complexity index is 3560. The fourth-order valence-corrected chi connectivity index (χ4v) is 8.66. The summed E-state index contributed by atoms with van der Waals surface area (Å²) in [5.74, 6) is 1.77. The molecule has 3 aromatic heterocycles. The average molecular weight is 771 g/mol. The number of rotatable bonds is 5. The summed E-state index contributed by atoms with van der Waals surface area (Å²) in [5.41, 5.74) is 10.1. The molecule has 0 saturated heterocycles. The number of hydrogen-bond acceptors (Lipinski definition) is 4. The van der Waals surface area contributed by atoms with Crippen LogP contribution in [0.25, 0.3) is 116 Å². The van der Waals surface area contributed by atoms with E-state index in [1.165, 1.54) is 16.2 Å². The van der Waals surface area contributed by atoms with Gasteiger partial charge in [0.2, 0.25) is 5.95 Å². The topological polar surface area (TPSA) is 56.7 Å². The minimum atomic E-state index is 0.554. The van der Waals surface area contributed by atoms with E-state index in [1.54, 1.807) is 0 Å². The number of para-hydroxylation sites is 2. The molecule has 0 aliphatic rings. The molecule has 0 atom stereocenters. The maximum Gasteiger partial charge on any atom is 0.238 e. The Kier molecular flexibility index (Phi) is 8.52. The lowest BCUT2D eigenvalue weighted by molar-refractivity contribution is 0.669. The monoisotopic (exact) mass is 770 g/mol. The predicted octanol–water partition coefficient (Wildman–Crippen LogP) is 14.9. The van der Waals surface area contributed by atoms with Crippen LogP contribution in [-0.4, -0.2) is 19.5 Å². The highest BCUT2D eigenvalue weighted by Gasteiger charge is 2.22. The molecule has 0 amide bonds. The smallest absolute Gasteiger partial charge is 0.238 e. The van der Waals surface area contributed by atoms with Crippen molar-refractivity contribution in [3.8, 4) is 51.0 Å². The summed E-state index contributed by atoms with van der Waals surface area (Å²) in [4.78, 5) is 15.9. The number of benzene rings is 9. The zero-order valence-corrected chi connectivity index (χ0v) is 33.2. The lowest BCUT2D eigenvalue weighted by Gasteiger charge is -2.13. The number of nitrogens with zero attached hydrogens (tertiary/aromatic N) is 4. The molecule has 0 fully saturated rings. The highest BCUT2D eigenvalue weighted by molar-refractivity contribution is 6.23. The van der Waals surface area contributed by atoms with E-state index in [9.17, 15) is 0 Å². The van der Waals surface area contributed by atoms with Gasteiger partial charge in [-0.15, -0.1) is 0 Å². The third-order valence-electron chi connectivity index (χ3n) is 11.4. The molecule has 0 bridgehead atoms. The van der Waals surface area contributed by atoms with Crippen LogP contribution in [-0.2, 0) is 0 Å². The Morgan fingerprint density at radius 3 is 1.82 bits per heavy atom. The molecule has 0 aliphatic carbocycles. The van der Waals surface area contributed by atoms with Crippen LogP contribution < -0.4 is 0 Å². The zero-order valence-electron chi connectivity index (χ0n) is 33.2. The number of aromatic nitrogens is 4. The summed E-state index contributed by atoms with van der Waals surface area (Å²) >= 11 is 0. The third kappa shape index (κ3) is 5.82. The van der Waals surface area contributed by atoms with E-state index < -0.39 is 0 Å². The van der Waals surface area contributed by atoms with Gasteiger partial charge in [-0.05, 0) is 68.6 Å². The van der Waals surface area contributed by atoms with Crippen LogP contribution in [0.2, 0.25) is 0 Å². The van der Waals surface area contributed by atoms with Gasteiger partial charge in [-0.3, -0.25) is 4.57 Å². The second kappa shape index (κ2) is 14.5. The maximum atomic E-state index is 6.26. The molecule has 0 N–H and O–H groups in total. The van der Waals surface area contributed by atoms with Crippen molar-refractivity contribution in [3.63, 3.8) is 0 Å². The molecule has 284 valence electrons. The summed E-state index contributed by atoms with van der Waals surface area (Å²) in [6.07, 6.45) is 0. The van der Waals surface area contributed by atoms with Gasteiger partial charge in [0.25, 0.3) is 0 Å². The van der Waals surface area contributed by atoms with Crippen LogP contribution >= 0.6 is 0 Å². The van der Waals surface area contributed by atoms with Crippen LogP contribution in [0, 0.1) is 0 Å². The fraction of sp³-hybridized carbons (Fsp3) is 0.0364. The molecule has 60 heavy (non-hydrogen) atoms. The normalized spacial score (nSPS) is 11.5. The van der Waals surface area contributed by atoms with Crippen molar-refractivity contribution in [2.45, 2.75) is 13.8 Å². The molecule has 0 aliphatic heterocycles.